The van der Waals surface area contributed by atoms with Crippen molar-refractivity contribution >= 4 is 22.1 Å². The maximum Gasteiger partial charge on any atom is 0.274 e. The molecule has 0 saturated carbocycles. The van der Waals surface area contributed by atoms with E-state index < -0.39 is 6.10 Å². The predicted molar refractivity (Wildman–Crippen MR) is 107 cm³/mol. The summed E-state index contributed by atoms with van der Waals surface area (Å²) >= 11 is 1.54. The summed E-state index contributed by atoms with van der Waals surface area (Å²) in [6.45, 7) is -0.0514. The third kappa shape index (κ3) is 3.81. The molecule has 0 bridgehead atoms. The van der Waals surface area contributed by atoms with Gasteiger partial charge in [-0.15, -0.1) is 11.3 Å². The second-order valence-electron chi connectivity index (χ2n) is 6.28. The van der Waals surface area contributed by atoms with Gasteiger partial charge in [-0.2, -0.15) is 5.10 Å². The molecule has 4 aromatic rings. The van der Waals surface area contributed by atoms with Crippen LogP contribution in [-0.4, -0.2) is 27.6 Å². The molecule has 0 spiro atoms. The van der Waals surface area contributed by atoms with E-state index in [1.54, 1.807) is 12.1 Å². The van der Waals surface area contributed by atoms with Gasteiger partial charge >= 0.3 is 0 Å². The van der Waals surface area contributed by atoms with Crippen LogP contribution in [0, 0.1) is 5.82 Å². The highest BCUT2D eigenvalue weighted by Crippen LogP contribution is 2.28. The Labute approximate surface area is 164 Å². The van der Waals surface area contributed by atoms with Crippen LogP contribution in [0.1, 0.15) is 0 Å². The van der Waals surface area contributed by atoms with Gasteiger partial charge in [0.25, 0.3) is 5.56 Å². The number of halogens is 1. The van der Waals surface area contributed by atoms with Gasteiger partial charge in [0.2, 0.25) is 0 Å². The molecule has 2 aromatic carbocycles. The summed E-state index contributed by atoms with van der Waals surface area (Å²) in [6, 6.07) is 16.7. The first-order valence-electron chi connectivity index (χ1n) is 8.72. The van der Waals surface area contributed by atoms with Crippen molar-refractivity contribution in [3.8, 4) is 16.3 Å². The molecular weight excluding hydrogens is 379 g/mol. The van der Waals surface area contributed by atoms with E-state index in [9.17, 15) is 14.3 Å². The lowest BCUT2D eigenvalue weighted by Crippen LogP contribution is -2.32. The number of fused-ring (bicyclic) bond motifs is 1. The number of nitrogens with zero attached hydrogens (tertiary/aromatic N) is 2. The molecule has 28 heavy (non-hydrogen) atoms. The van der Waals surface area contributed by atoms with Crippen LogP contribution in [0.5, 0.6) is 5.75 Å². The first-order chi connectivity index (χ1) is 13.6. The molecule has 0 fully saturated rings. The van der Waals surface area contributed by atoms with E-state index in [2.05, 4.69) is 5.10 Å². The monoisotopic (exact) mass is 396 g/mol. The molecule has 0 amide bonds. The summed E-state index contributed by atoms with van der Waals surface area (Å²) in [5.41, 5.74) is 0.439. The van der Waals surface area contributed by atoms with Crippen molar-refractivity contribution in [3.63, 3.8) is 0 Å². The Hall–Kier alpha value is -3.03. The van der Waals surface area contributed by atoms with E-state index in [0.29, 0.717) is 16.8 Å². The SMILES string of the molecule is O=c1c2ccccc2c(-c2cccs2)nn1C[C@H](O)COc1ccc(F)cc1. The summed E-state index contributed by atoms with van der Waals surface area (Å²) < 4.78 is 19.7. The molecule has 0 unspecified atom stereocenters. The van der Waals surface area contributed by atoms with Gasteiger partial charge < -0.3 is 9.84 Å². The van der Waals surface area contributed by atoms with E-state index in [0.717, 1.165) is 10.3 Å². The second-order valence-corrected chi connectivity index (χ2v) is 7.23. The third-order valence-corrected chi connectivity index (χ3v) is 5.14. The smallest absolute Gasteiger partial charge is 0.274 e. The highest BCUT2D eigenvalue weighted by molar-refractivity contribution is 7.13. The van der Waals surface area contributed by atoms with Crippen molar-refractivity contribution in [2.45, 2.75) is 12.6 Å². The molecule has 0 saturated heterocycles. The van der Waals surface area contributed by atoms with Gasteiger partial charge in [-0.05, 0) is 41.8 Å². The van der Waals surface area contributed by atoms with Gasteiger partial charge in [-0.3, -0.25) is 4.79 Å². The van der Waals surface area contributed by atoms with Gasteiger partial charge in [0.15, 0.2) is 0 Å². The topological polar surface area (TPSA) is 64.4 Å². The summed E-state index contributed by atoms with van der Waals surface area (Å²) in [5, 5.41) is 18.1. The molecule has 0 aliphatic heterocycles. The molecule has 1 atom stereocenters. The molecule has 0 radical (unpaired) electrons. The number of rotatable bonds is 6. The number of aliphatic hydroxyl groups excluding tert-OH is 1. The maximum atomic E-state index is 12.9. The molecule has 0 aliphatic rings. The highest BCUT2D eigenvalue weighted by atomic mass is 32.1. The van der Waals surface area contributed by atoms with Crippen molar-refractivity contribution in [2.75, 3.05) is 6.61 Å². The minimum atomic E-state index is -0.951. The molecule has 7 heteroatoms. The second kappa shape index (κ2) is 7.92. The lowest BCUT2D eigenvalue weighted by Gasteiger charge is -2.15. The summed E-state index contributed by atoms with van der Waals surface area (Å²) in [4.78, 5) is 13.8. The fourth-order valence-electron chi connectivity index (χ4n) is 2.93. The Morgan fingerprint density at radius 2 is 1.82 bits per heavy atom. The fraction of sp³-hybridized carbons (Fsp3) is 0.143. The van der Waals surface area contributed by atoms with Crippen LogP contribution in [0.15, 0.2) is 70.8 Å². The molecule has 2 aromatic heterocycles. The number of benzene rings is 2. The van der Waals surface area contributed by atoms with E-state index in [-0.39, 0.29) is 24.5 Å². The summed E-state index contributed by atoms with van der Waals surface area (Å²) in [7, 11) is 0. The van der Waals surface area contributed by atoms with Crippen LogP contribution in [-0.2, 0) is 6.54 Å². The molecule has 4 rings (SSSR count). The van der Waals surface area contributed by atoms with Crippen LogP contribution >= 0.6 is 11.3 Å². The zero-order chi connectivity index (χ0) is 19.5. The van der Waals surface area contributed by atoms with Gasteiger partial charge in [0, 0.05) is 5.39 Å². The number of thiophene rings is 1. The van der Waals surface area contributed by atoms with Gasteiger partial charge in [-0.25, -0.2) is 9.07 Å². The van der Waals surface area contributed by atoms with E-state index in [4.69, 9.17) is 4.74 Å². The molecule has 5 nitrogen and oxygen atoms in total. The first-order valence-corrected chi connectivity index (χ1v) is 9.60. The number of ether oxygens (including phenoxy) is 1. The van der Waals surface area contributed by atoms with Gasteiger partial charge in [0.05, 0.1) is 16.8 Å². The average molecular weight is 396 g/mol. The van der Waals surface area contributed by atoms with Gasteiger partial charge in [-0.1, -0.05) is 24.3 Å². The molecule has 142 valence electrons. The Kier molecular flexibility index (Phi) is 5.18. The lowest BCUT2D eigenvalue weighted by molar-refractivity contribution is 0.0882. The van der Waals surface area contributed by atoms with Crippen LogP contribution in [0.3, 0.4) is 0 Å². The Balaban J connectivity index is 1.60. The van der Waals surface area contributed by atoms with Crippen molar-refractivity contribution in [3.05, 3.63) is 82.2 Å². The fourth-order valence-corrected chi connectivity index (χ4v) is 3.65. The van der Waals surface area contributed by atoms with Crippen LogP contribution < -0.4 is 10.3 Å². The summed E-state index contributed by atoms with van der Waals surface area (Å²) in [6.07, 6.45) is -0.951. The minimum absolute atomic E-state index is 0.0107. The predicted octanol–water partition coefficient (Wildman–Crippen LogP) is 3.70. The minimum Gasteiger partial charge on any atom is -0.491 e. The Morgan fingerprint density at radius 1 is 1.07 bits per heavy atom. The molecular formula is C21H17FN2O3S. The Morgan fingerprint density at radius 3 is 2.54 bits per heavy atom. The first kappa shape index (κ1) is 18.3. The van der Waals surface area contributed by atoms with Crippen molar-refractivity contribution in [2.24, 2.45) is 0 Å². The quantitative estimate of drug-likeness (QED) is 0.540. The van der Waals surface area contributed by atoms with E-state index in [1.165, 1.54) is 40.3 Å². The van der Waals surface area contributed by atoms with Crippen LogP contribution in [0.25, 0.3) is 21.3 Å². The zero-order valence-corrected chi connectivity index (χ0v) is 15.6. The third-order valence-electron chi connectivity index (χ3n) is 4.26. The largest absolute Gasteiger partial charge is 0.491 e. The number of aliphatic hydroxyl groups is 1. The number of hydrogen-bond donors (Lipinski definition) is 1. The van der Waals surface area contributed by atoms with E-state index >= 15 is 0 Å². The Bertz CT molecular complexity index is 1140. The number of aromatic nitrogens is 2. The van der Waals surface area contributed by atoms with Crippen molar-refractivity contribution in [1.82, 2.24) is 9.78 Å². The van der Waals surface area contributed by atoms with E-state index in [1.807, 2.05) is 29.6 Å². The number of hydrogen-bond acceptors (Lipinski definition) is 5. The highest BCUT2D eigenvalue weighted by Gasteiger charge is 2.15. The summed E-state index contributed by atoms with van der Waals surface area (Å²) in [5.74, 6) is 0.0828. The van der Waals surface area contributed by atoms with Crippen LogP contribution in [0.2, 0.25) is 0 Å². The molecule has 0 aliphatic carbocycles. The molecule has 1 N–H and O–H groups in total. The average Bonchev–Trinajstić information content (AvgIpc) is 3.24. The maximum absolute atomic E-state index is 12.9. The van der Waals surface area contributed by atoms with Crippen molar-refractivity contribution < 1.29 is 14.2 Å². The molecule has 2 heterocycles. The van der Waals surface area contributed by atoms with Crippen LogP contribution in [0.4, 0.5) is 4.39 Å². The lowest BCUT2D eigenvalue weighted by atomic mass is 10.1. The van der Waals surface area contributed by atoms with Crippen molar-refractivity contribution in [1.29, 1.82) is 0 Å². The van der Waals surface area contributed by atoms with Gasteiger partial charge in [0.1, 0.15) is 30.0 Å². The normalized spacial score (nSPS) is 12.2. The standard InChI is InChI=1S/C21H17FN2O3S/c22-14-7-9-16(10-8-14)27-13-15(25)12-24-21(26)18-5-2-1-4-17(18)20(23-24)19-6-3-11-28-19/h1-11,15,25H,12-13H2/t15-/m0/s1. The zero-order valence-electron chi connectivity index (χ0n) is 14.8.